The number of hydrogen-bond donors (Lipinski definition) is 0. The Morgan fingerprint density at radius 2 is 2.14 bits per heavy atom. The van der Waals surface area contributed by atoms with E-state index in [1.165, 1.54) is 0 Å². The zero-order valence-corrected chi connectivity index (χ0v) is 13.9. The minimum Gasteiger partial charge on any atom is -0.464 e. The van der Waals surface area contributed by atoms with E-state index in [1.54, 1.807) is 7.11 Å². The molecule has 0 spiro atoms. The lowest BCUT2D eigenvalue weighted by Gasteiger charge is -2.26. The summed E-state index contributed by atoms with van der Waals surface area (Å²) < 4.78 is 10.7. The van der Waals surface area contributed by atoms with Crippen molar-refractivity contribution in [2.45, 2.75) is 53.0 Å². The second-order valence-electron chi connectivity index (χ2n) is 5.51. The summed E-state index contributed by atoms with van der Waals surface area (Å²) in [6.07, 6.45) is 4.08. The fourth-order valence-electron chi connectivity index (χ4n) is 2.44. The van der Waals surface area contributed by atoms with Crippen molar-refractivity contribution in [3.05, 3.63) is 23.7 Å². The summed E-state index contributed by atoms with van der Waals surface area (Å²) in [5, 5.41) is 0. The first-order chi connectivity index (χ1) is 10.1. The largest absolute Gasteiger partial charge is 0.464 e. The Morgan fingerprint density at radius 3 is 2.67 bits per heavy atom. The molecule has 0 aliphatic carbocycles. The maximum atomic E-state index is 12.7. The third kappa shape index (κ3) is 5.92. The van der Waals surface area contributed by atoms with Gasteiger partial charge in [-0.05, 0) is 31.9 Å². The molecule has 0 aliphatic heterocycles. The molecule has 0 saturated heterocycles. The third-order valence-electron chi connectivity index (χ3n) is 3.77. The number of methoxy groups -OCH3 is 1. The third-order valence-corrected chi connectivity index (χ3v) is 3.77. The second-order valence-corrected chi connectivity index (χ2v) is 5.51. The number of carbonyl (C=O) groups is 1. The standard InChI is InChI=1S/C17H29NO3/c1-5-7-8-15(6-2)17(19)18(11-12-20-4)13-16-10-9-14(3)21-16/h9-10,15H,5-8,11-13H2,1-4H3. The molecule has 0 saturated carbocycles. The minimum absolute atomic E-state index is 0.109. The van der Waals surface area contributed by atoms with Gasteiger partial charge < -0.3 is 14.1 Å². The zero-order chi connectivity index (χ0) is 15.7. The quantitative estimate of drug-likeness (QED) is 0.659. The first-order valence-corrected chi connectivity index (χ1v) is 7.95. The van der Waals surface area contributed by atoms with Crippen molar-refractivity contribution in [2.75, 3.05) is 20.3 Å². The van der Waals surface area contributed by atoms with Crippen LogP contribution in [0, 0.1) is 12.8 Å². The summed E-state index contributed by atoms with van der Waals surface area (Å²) in [7, 11) is 1.66. The molecule has 0 bridgehead atoms. The average molecular weight is 295 g/mol. The highest BCUT2D eigenvalue weighted by Crippen LogP contribution is 2.18. The van der Waals surface area contributed by atoms with Crippen molar-refractivity contribution in [3.63, 3.8) is 0 Å². The Morgan fingerprint density at radius 1 is 1.38 bits per heavy atom. The van der Waals surface area contributed by atoms with Gasteiger partial charge in [0.25, 0.3) is 0 Å². The molecule has 120 valence electrons. The predicted molar refractivity (Wildman–Crippen MR) is 84.0 cm³/mol. The number of unbranched alkanes of at least 4 members (excludes halogenated alkanes) is 1. The molecule has 0 radical (unpaired) electrons. The van der Waals surface area contributed by atoms with Gasteiger partial charge in [0, 0.05) is 19.6 Å². The van der Waals surface area contributed by atoms with Gasteiger partial charge in [-0.1, -0.05) is 26.7 Å². The van der Waals surface area contributed by atoms with Gasteiger partial charge in [-0.2, -0.15) is 0 Å². The Balaban J connectivity index is 2.71. The Hall–Kier alpha value is -1.29. The molecule has 0 aliphatic rings. The molecular weight excluding hydrogens is 266 g/mol. The first-order valence-electron chi connectivity index (χ1n) is 7.95. The van der Waals surface area contributed by atoms with Gasteiger partial charge in [-0.15, -0.1) is 0 Å². The maximum Gasteiger partial charge on any atom is 0.226 e. The minimum atomic E-state index is 0.109. The molecule has 1 rings (SSSR count). The number of rotatable bonds is 10. The summed E-state index contributed by atoms with van der Waals surface area (Å²) in [6.45, 7) is 7.85. The highest BCUT2D eigenvalue weighted by molar-refractivity contribution is 5.78. The lowest BCUT2D eigenvalue weighted by Crippen LogP contribution is -2.37. The van der Waals surface area contributed by atoms with Crippen LogP contribution in [-0.2, 0) is 16.1 Å². The highest BCUT2D eigenvalue weighted by atomic mass is 16.5. The van der Waals surface area contributed by atoms with E-state index < -0.39 is 0 Å². The lowest BCUT2D eigenvalue weighted by atomic mass is 9.97. The first kappa shape index (κ1) is 17.8. The van der Waals surface area contributed by atoms with Crippen molar-refractivity contribution in [1.29, 1.82) is 0 Å². The van der Waals surface area contributed by atoms with Gasteiger partial charge in [0.15, 0.2) is 0 Å². The fourth-order valence-corrected chi connectivity index (χ4v) is 2.44. The Bertz CT molecular complexity index is 414. The monoisotopic (exact) mass is 295 g/mol. The highest BCUT2D eigenvalue weighted by Gasteiger charge is 2.23. The number of hydrogen-bond acceptors (Lipinski definition) is 3. The number of ether oxygens (including phenoxy) is 1. The summed E-state index contributed by atoms with van der Waals surface area (Å²) in [6, 6.07) is 3.87. The molecule has 0 fully saturated rings. The average Bonchev–Trinajstić information content (AvgIpc) is 2.89. The van der Waals surface area contributed by atoms with Gasteiger partial charge in [-0.3, -0.25) is 4.79 Å². The van der Waals surface area contributed by atoms with Gasteiger partial charge in [0.1, 0.15) is 11.5 Å². The van der Waals surface area contributed by atoms with Crippen LogP contribution >= 0.6 is 0 Å². The van der Waals surface area contributed by atoms with Crippen LogP contribution in [0.2, 0.25) is 0 Å². The Labute approximate surface area is 128 Å². The number of furan rings is 1. The van der Waals surface area contributed by atoms with Crippen LogP contribution in [0.15, 0.2) is 16.5 Å². The number of carbonyl (C=O) groups excluding carboxylic acids is 1. The second kappa shape index (κ2) is 9.61. The molecule has 1 aromatic rings. The molecule has 1 amide bonds. The van der Waals surface area contributed by atoms with Crippen LogP contribution in [0.25, 0.3) is 0 Å². The van der Waals surface area contributed by atoms with Crippen LogP contribution in [0.4, 0.5) is 0 Å². The van der Waals surface area contributed by atoms with Crippen molar-refractivity contribution < 1.29 is 13.9 Å². The molecule has 1 unspecified atom stereocenters. The smallest absolute Gasteiger partial charge is 0.226 e. The molecule has 1 heterocycles. The lowest BCUT2D eigenvalue weighted by molar-refractivity contribution is -0.137. The van der Waals surface area contributed by atoms with Gasteiger partial charge in [0.2, 0.25) is 5.91 Å². The Kier molecular flexibility index (Phi) is 8.13. The van der Waals surface area contributed by atoms with E-state index in [2.05, 4.69) is 13.8 Å². The fraction of sp³-hybridized carbons (Fsp3) is 0.706. The molecule has 4 heteroatoms. The van der Waals surface area contributed by atoms with E-state index in [1.807, 2.05) is 24.0 Å². The molecule has 1 atom stereocenters. The van der Waals surface area contributed by atoms with Crippen LogP contribution in [0.1, 0.15) is 51.1 Å². The molecular formula is C17H29NO3. The summed E-state index contributed by atoms with van der Waals surface area (Å²) in [5.74, 6) is 2.04. The van der Waals surface area contributed by atoms with Gasteiger partial charge in [-0.25, -0.2) is 0 Å². The van der Waals surface area contributed by atoms with Crippen molar-refractivity contribution >= 4 is 5.91 Å². The number of aryl methyl sites for hydroxylation is 1. The van der Waals surface area contributed by atoms with Crippen LogP contribution in [0.3, 0.4) is 0 Å². The zero-order valence-electron chi connectivity index (χ0n) is 13.9. The van der Waals surface area contributed by atoms with Crippen molar-refractivity contribution in [3.8, 4) is 0 Å². The summed E-state index contributed by atoms with van der Waals surface area (Å²) >= 11 is 0. The van der Waals surface area contributed by atoms with Crippen LogP contribution < -0.4 is 0 Å². The maximum absolute atomic E-state index is 12.7. The molecule has 0 aromatic carbocycles. The number of nitrogens with zero attached hydrogens (tertiary/aromatic N) is 1. The van der Waals surface area contributed by atoms with E-state index >= 15 is 0 Å². The number of amides is 1. The van der Waals surface area contributed by atoms with Crippen molar-refractivity contribution in [2.24, 2.45) is 5.92 Å². The summed E-state index contributed by atoms with van der Waals surface area (Å²) in [5.41, 5.74) is 0. The van der Waals surface area contributed by atoms with E-state index in [0.717, 1.165) is 37.2 Å². The van der Waals surface area contributed by atoms with Gasteiger partial charge >= 0.3 is 0 Å². The van der Waals surface area contributed by atoms with Crippen LogP contribution in [0.5, 0.6) is 0 Å². The predicted octanol–water partition coefficient (Wildman–Crippen LogP) is 3.78. The normalized spacial score (nSPS) is 12.4. The van der Waals surface area contributed by atoms with E-state index in [-0.39, 0.29) is 11.8 Å². The van der Waals surface area contributed by atoms with E-state index in [0.29, 0.717) is 19.7 Å². The topological polar surface area (TPSA) is 42.7 Å². The van der Waals surface area contributed by atoms with E-state index in [9.17, 15) is 4.79 Å². The van der Waals surface area contributed by atoms with Crippen LogP contribution in [-0.4, -0.2) is 31.1 Å². The van der Waals surface area contributed by atoms with Crippen molar-refractivity contribution in [1.82, 2.24) is 4.90 Å². The van der Waals surface area contributed by atoms with Gasteiger partial charge in [0.05, 0.1) is 13.2 Å². The molecule has 21 heavy (non-hydrogen) atoms. The molecule has 0 N–H and O–H groups in total. The molecule has 1 aromatic heterocycles. The van der Waals surface area contributed by atoms with E-state index in [4.69, 9.17) is 9.15 Å². The summed E-state index contributed by atoms with van der Waals surface area (Å²) in [4.78, 5) is 14.6. The SMILES string of the molecule is CCCCC(CC)C(=O)N(CCOC)Cc1ccc(C)o1. The molecule has 4 nitrogen and oxygen atoms in total.